The van der Waals surface area contributed by atoms with E-state index in [1.165, 1.54) is 4.31 Å². The summed E-state index contributed by atoms with van der Waals surface area (Å²) in [6, 6.07) is 13.2. The Morgan fingerprint density at radius 2 is 1.63 bits per heavy atom. The molecule has 0 spiro atoms. The Bertz CT molecular complexity index is 1130. The molecule has 1 aliphatic rings. The molecule has 192 valence electrons. The smallest absolute Gasteiger partial charge is 0.303 e. The van der Waals surface area contributed by atoms with Crippen LogP contribution < -0.4 is 9.62 Å². The van der Waals surface area contributed by atoms with E-state index in [0.29, 0.717) is 10.6 Å². The first kappa shape index (κ1) is 27.9. The van der Waals surface area contributed by atoms with Gasteiger partial charge in [-0.05, 0) is 78.6 Å². The van der Waals surface area contributed by atoms with E-state index in [9.17, 15) is 13.2 Å². The lowest BCUT2D eigenvalue weighted by atomic mass is 9.90. The van der Waals surface area contributed by atoms with E-state index in [1.54, 1.807) is 13.1 Å². The van der Waals surface area contributed by atoms with E-state index in [1.807, 2.05) is 36.4 Å². The molecule has 1 aliphatic heterocycles. The van der Waals surface area contributed by atoms with Gasteiger partial charge in [-0.3, -0.25) is 9.10 Å². The average Bonchev–Trinajstić information content (AvgIpc) is 2.86. The molecule has 8 heteroatoms. The Labute approximate surface area is 223 Å². The summed E-state index contributed by atoms with van der Waals surface area (Å²) in [5, 5.41) is 12.5. The third kappa shape index (κ3) is 7.20. The van der Waals surface area contributed by atoms with Gasteiger partial charge in [0.05, 0.1) is 16.6 Å². The molecule has 6 nitrogen and oxygen atoms in total. The first-order valence-electron chi connectivity index (χ1n) is 12.4. The van der Waals surface area contributed by atoms with Gasteiger partial charge in [0.2, 0.25) is 0 Å². The zero-order valence-electron chi connectivity index (χ0n) is 20.9. The number of carboxylic acids is 1. The highest BCUT2D eigenvalue weighted by molar-refractivity contribution is 14.1. The van der Waals surface area contributed by atoms with E-state index in [-0.39, 0.29) is 18.0 Å². The lowest BCUT2D eigenvalue weighted by Gasteiger charge is -2.33. The predicted molar refractivity (Wildman–Crippen MR) is 149 cm³/mol. The van der Waals surface area contributed by atoms with E-state index in [0.717, 1.165) is 66.1 Å². The third-order valence-corrected chi connectivity index (χ3v) is 9.24. The number of benzene rings is 2. The number of para-hydroxylation sites is 1. The van der Waals surface area contributed by atoms with Gasteiger partial charge in [0.15, 0.2) is 0 Å². The molecule has 0 bridgehead atoms. The first-order chi connectivity index (χ1) is 16.5. The number of hydrogen-bond donors (Lipinski definition) is 2. The Kier molecular flexibility index (Phi) is 9.62. The van der Waals surface area contributed by atoms with Crippen LogP contribution >= 0.6 is 22.6 Å². The summed E-state index contributed by atoms with van der Waals surface area (Å²) in [6.45, 7) is 4.38. The van der Waals surface area contributed by atoms with Crippen LogP contribution in [-0.4, -0.2) is 32.1 Å². The molecular weight excluding hydrogens is 575 g/mol. The van der Waals surface area contributed by atoms with Crippen LogP contribution in [0.2, 0.25) is 0 Å². The van der Waals surface area contributed by atoms with E-state index >= 15 is 0 Å². The van der Waals surface area contributed by atoms with Crippen molar-refractivity contribution in [2.45, 2.75) is 88.1 Å². The molecular formula is C27H37IN2O4S. The second-order valence-electron chi connectivity index (χ2n) is 10.0. The van der Waals surface area contributed by atoms with Crippen molar-refractivity contribution in [2.75, 3.05) is 11.4 Å². The molecule has 1 heterocycles. The van der Waals surface area contributed by atoms with E-state index in [4.69, 9.17) is 5.11 Å². The molecule has 1 unspecified atom stereocenters. The van der Waals surface area contributed by atoms with Crippen molar-refractivity contribution in [1.82, 2.24) is 5.32 Å². The van der Waals surface area contributed by atoms with Crippen LogP contribution in [0.3, 0.4) is 0 Å². The molecule has 0 aliphatic carbocycles. The summed E-state index contributed by atoms with van der Waals surface area (Å²) in [5.74, 6) is -0.711. The minimum atomic E-state index is -3.66. The minimum absolute atomic E-state index is 0.188. The van der Waals surface area contributed by atoms with Crippen molar-refractivity contribution in [2.24, 2.45) is 0 Å². The van der Waals surface area contributed by atoms with Gasteiger partial charge in [-0.25, -0.2) is 8.42 Å². The molecule has 2 aromatic carbocycles. The molecule has 0 aromatic heterocycles. The molecule has 1 atom stereocenters. The molecule has 0 saturated heterocycles. The Morgan fingerprint density at radius 3 is 2.31 bits per heavy atom. The first-order valence-corrected chi connectivity index (χ1v) is 14.9. The number of fused-ring (bicyclic) bond motifs is 2. The van der Waals surface area contributed by atoms with Crippen LogP contribution in [0.4, 0.5) is 5.69 Å². The largest absolute Gasteiger partial charge is 0.481 e. The second kappa shape index (κ2) is 12.1. The predicted octanol–water partition coefficient (Wildman–Crippen LogP) is 6.48. The summed E-state index contributed by atoms with van der Waals surface area (Å²) < 4.78 is 29.3. The van der Waals surface area contributed by atoms with Crippen LogP contribution in [-0.2, 0) is 14.8 Å². The van der Waals surface area contributed by atoms with Gasteiger partial charge < -0.3 is 10.4 Å². The number of aliphatic carboxylic acids is 1. The standard InChI is InChI=1S/C27H37IN2O4S/c1-27(2,18-12-8-6-4-5-7-9-15-25(31)32)29-26-21-13-10-11-14-23(21)30(3)35(33,34)24-19-20(28)16-17-22(24)26/h10-11,13-14,16-17,19,26,29H,4-9,12,15,18H2,1-3H3,(H,31,32). The number of hydrogen-bond acceptors (Lipinski definition) is 4. The molecule has 0 radical (unpaired) electrons. The van der Waals surface area contributed by atoms with E-state index < -0.39 is 16.0 Å². The number of halogens is 1. The average molecular weight is 613 g/mol. The summed E-state index contributed by atoms with van der Waals surface area (Å²) >= 11 is 2.17. The highest BCUT2D eigenvalue weighted by atomic mass is 127. The summed E-state index contributed by atoms with van der Waals surface area (Å²) in [7, 11) is -2.03. The maximum absolute atomic E-state index is 13.5. The highest BCUT2D eigenvalue weighted by Gasteiger charge is 2.36. The number of carboxylic acid groups (broad SMARTS) is 1. The molecule has 35 heavy (non-hydrogen) atoms. The van der Waals surface area contributed by atoms with E-state index in [2.05, 4.69) is 41.8 Å². The van der Waals surface area contributed by atoms with Gasteiger partial charge >= 0.3 is 5.97 Å². The fraction of sp³-hybridized carbons (Fsp3) is 0.519. The number of rotatable bonds is 12. The molecule has 2 aromatic rings. The third-order valence-electron chi connectivity index (χ3n) is 6.74. The highest BCUT2D eigenvalue weighted by Crippen LogP contribution is 2.41. The van der Waals surface area contributed by atoms with Gasteiger partial charge in [-0.2, -0.15) is 0 Å². The zero-order chi connectivity index (χ0) is 25.6. The monoisotopic (exact) mass is 612 g/mol. The quantitative estimate of drug-likeness (QED) is 0.212. The van der Waals surface area contributed by atoms with Crippen LogP contribution in [0.5, 0.6) is 0 Å². The fourth-order valence-corrected chi connectivity index (χ4v) is 6.96. The van der Waals surface area contributed by atoms with Gasteiger partial charge in [0, 0.05) is 22.6 Å². The van der Waals surface area contributed by atoms with Crippen molar-refractivity contribution in [1.29, 1.82) is 0 Å². The number of nitrogens with zero attached hydrogens (tertiary/aromatic N) is 1. The Balaban J connectivity index is 1.70. The van der Waals surface area contributed by atoms with Gasteiger partial charge in [-0.15, -0.1) is 0 Å². The van der Waals surface area contributed by atoms with Gasteiger partial charge in [0.25, 0.3) is 10.0 Å². The maximum Gasteiger partial charge on any atom is 0.303 e. The van der Waals surface area contributed by atoms with Crippen molar-refractivity contribution >= 4 is 44.3 Å². The lowest BCUT2D eigenvalue weighted by molar-refractivity contribution is -0.137. The molecule has 3 rings (SSSR count). The minimum Gasteiger partial charge on any atom is -0.481 e. The fourth-order valence-electron chi connectivity index (χ4n) is 4.78. The van der Waals surface area contributed by atoms with Crippen molar-refractivity contribution < 1.29 is 18.3 Å². The van der Waals surface area contributed by atoms with Gasteiger partial charge in [0.1, 0.15) is 0 Å². The summed E-state index contributed by atoms with van der Waals surface area (Å²) in [5.41, 5.74) is 2.27. The number of sulfonamides is 1. The Morgan fingerprint density at radius 1 is 1.00 bits per heavy atom. The van der Waals surface area contributed by atoms with Crippen LogP contribution in [0.25, 0.3) is 0 Å². The lowest BCUT2D eigenvalue weighted by Crippen LogP contribution is -2.42. The number of carbonyl (C=O) groups is 1. The number of unbranched alkanes of at least 4 members (excludes halogenated alkanes) is 6. The van der Waals surface area contributed by atoms with Crippen LogP contribution in [0.15, 0.2) is 47.4 Å². The van der Waals surface area contributed by atoms with Crippen molar-refractivity contribution in [3.8, 4) is 0 Å². The van der Waals surface area contributed by atoms with Crippen LogP contribution in [0, 0.1) is 3.57 Å². The molecule has 2 N–H and O–H groups in total. The van der Waals surface area contributed by atoms with Crippen molar-refractivity contribution in [3.05, 3.63) is 57.2 Å². The normalized spacial score (nSPS) is 16.9. The second-order valence-corrected chi connectivity index (χ2v) is 13.2. The SMILES string of the molecule is CN1c2ccccc2C(NC(C)(C)CCCCCCCCCC(=O)O)c2ccc(I)cc2S1(=O)=O. The molecule has 0 amide bonds. The summed E-state index contributed by atoms with van der Waals surface area (Å²) in [6.07, 6.45) is 8.59. The Hall–Kier alpha value is -1.65. The van der Waals surface area contributed by atoms with Gasteiger partial charge in [-0.1, -0.05) is 62.8 Å². The maximum atomic E-state index is 13.5. The number of anilines is 1. The van der Waals surface area contributed by atoms with Crippen molar-refractivity contribution in [3.63, 3.8) is 0 Å². The zero-order valence-corrected chi connectivity index (χ0v) is 23.9. The molecule has 0 saturated carbocycles. The molecule has 0 fully saturated rings. The topological polar surface area (TPSA) is 86.7 Å². The number of nitrogens with one attached hydrogen (secondary N) is 1. The summed E-state index contributed by atoms with van der Waals surface area (Å²) in [4.78, 5) is 11.0. The van der Waals surface area contributed by atoms with Crippen LogP contribution in [0.1, 0.15) is 88.8 Å².